The first-order chi connectivity index (χ1) is 6.34. The standard InChI is InChI=1S/C6H5N5S2/c7-5-10-11-6(13-5)12-4-3-8-1-2-9-4/h1-3H,(H2,7,10). The van der Waals surface area contributed by atoms with Gasteiger partial charge >= 0.3 is 0 Å². The molecule has 2 aromatic rings. The molecule has 0 aromatic carbocycles. The second kappa shape index (κ2) is 3.67. The lowest BCUT2D eigenvalue weighted by Crippen LogP contribution is -1.80. The van der Waals surface area contributed by atoms with Gasteiger partial charge in [0, 0.05) is 12.4 Å². The predicted octanol–water partition coefficient (Wildman–Crippen LogP) is 1.06. The molecule has 2 aromatic heterocycles. The van der Waals surface area contributed by atoms with E-state index in [0.29, 0.717) is 5.13 Å². The van der Waals surface area contributed by atoms with Gasteiger partial charge in [-0.15, -0.1) is 10.2 Å². The van der Waals surface area contributed by atoms with Gasteiger partial charge in [-0.1, -0.05) is 11.3 Å². The van der Waals surface area contributed by atoms with Gasteiger partial charge in [-0.3, -0.25) is 4.98 Å². The van der Waals surface area contributed by atoms with Crippen LogP contribution >= 0.6 is 23.1 Å². The highest BCUT2D eigenvalue weighted by Crippen LogP contribution is 2.28. The summed E-state index contributed by atoms with van der Waals surface area (Å²) in [4.78, 5) is 8.01. The van der Waals surface area contributed by atoms with E-state index in [4.69, 9.17) is 5.73 Å². The first-order valence-electron chi connectivity index (χ1n) is 3.37. The Morgan fingerprint density at radius 2 is 2.23 bits per heavy atom. The summed E-state index contributed by atoms with van der Waals surface area (Å²) in [5, 5.41) is 8.79. The van der Waals surface area contributed by atoms with Crippen LogP contribution in [0, 0.1) is 0 Å². The Labute approximate surface area is 82.4 Å². The maximum absolute atomic E-state index is 5.43. The topological polar surface area (TPSA) is 77.6 Å². The molecule has 2 N–H and O–H groups in total. The molecule has 0 aliphatic rings. The third-order valence-electron chi connectivity index (χ3n) is 1.15. The highest BCUT2D eigenvalue weighted by atomic mass is 32.2. The van der Waals surface area contributed by atoms with E-state index < -0.39 is 0 Å². The van der Waals surface area contributed by atoms with Gasteiger partial charge in [-0.25, -0.2) is 4.98 Å². The van der Waals surface area contributed by atoms with Crippen LogP contribution in [-0.4, -0.2) is 20.2 Å². The second-order valence-corrected chi connectivity index (χ2v) is 4.33. The van der Waals surface area contributed by atoms with Crippen LogP contribution in [0.1, 0.15) is 0 Å². The largest absolute Gasteiger partial charge is 0.374 e. The summed E-state index contributed by atoms with van der Waals surface area (Å²) in [6.45, 7) is 0. The second-order valence-electron chi connectivity index (χ2n) is 2.05. The van der Waals surface area contributed by atoms with Crippen molar-refractivity contribution < 1.29 is 0 Å². The fourth-order valence-corrected chi connectivity index (χ4v) is 2.20. The van der Waals surface area contributed by atoms with E-state index in [0.717, 1.165) is 9.37 Å². The Kier molecular flexibility index (Phi) is 2.37. The van der Waals surface area contributed by atoms with Gasteiger partial charge < -0.3 is 5.73 Å². The third kappa shape index (κ3) is 2.13. The SMILES string of the molecule is Nc1nnc(Sc2cnccn2)s1. The predicted molar refractivity (Wildman–Crippen MR) is 50.5 cm³/mol. The number of nitrogens with two attached hydrogens (primary N) is 1. The lowest BCUT2D eigenvalue weighted by molar-refractivity contribution is 1.00. The van der Waals surface area contributed by atoms with Crippen LogP contribution in [0.5, 0.6) is 0 Å². The fraction of sp³-hybridized carbons (Fsp3) is 0. The maximum Gasteiger partial charge on any atom is 0.203 e. The van der Waals surface area contributed by atoms with Crippen LogP contribution in [0.4, 0.5) is 5.13 Å². The molecule has 0 amide bonds. The number of anilines is 1. The average molecular weight is 211 g/mol. The molecule has 0 spiro atoms. The highest BCUT2D eigenvalue weighted by molar-refractivity contribution is 8.01. The van der Waals surface area contributed by atoms with Crippen LogP contribution in [0.15, 0.2) is 28.0 Å². The van der Waals surface area contributed by atoms with Crippen molar-refractivity contribution in [1.82, 2.24) is 20.2 Å². The Bertz CT molecular complexity index is 387. The van der Waals surface area contributed by atoms with Crippen molar-refractivity contribution in [3.63, 3.8) is 0 Å². The van der Waals surface area contributed by atoms with Crippen LogP contribution < -0.4 is 5.73 Å². The first kappa shape index (κ1) is 8.39. The third-order valence-corrected chi connectivity index (χ3v) is 2.88. The zero-order chi connectivity index (χ0) is 9.10. The normalized spacial score (nSPS) is 10.2. The number of aromatic nitrogens is 4. The van der Waals surface area contributed by atoms with E-state index in [9.17, 15) is 0 Å². The van der Waals surface area contributed by atoms with Crippen molar-refractivity contribution in [2.75, 3.05) is 5.73 Å². The molecule has 7 heteroatoms. The van der Waals surface area contributed by atoms with Crippen LogP contribution in [-0.2, 0) is 0 Å². The number of nitrogen functional groups attached to an aromatic ring is 1. The number of nitrogens with zero attached hydrogens (tertiary/aromatic N) is 4. The molecule has 66 valence electrons. The molecule has 5 nitrogen and oxygen atoms in total. The molecule has 2 heterocycles. The Morgan fingerprint density at radius 1 is 1.31 bits per heavy atom. The molecule has 0 unspecified atom stereocenters. The zero-order valence-corrected chi connectivity index (χ0v) is 8.05. The summed E-state index contributed by atoms with van der Waals surface area (Å²) in [7, 11) is 0. The minimum Gasteiger partial charge on any atom is -0.374 e. The van der Waals surface area contributed by atoms with Crippen LogP contribution in [0.3, 0.4) is 0 Å². The van der Waals surface area contributed by atoms with Gasteiger partial charge in [0.1, 0.15) is 5.03 Å². The lowest BCUT2D eigenvalue weighted by atomic mass is 10.8. The summed E-state index contributed by atoms with van der Waals surface area (Å²) >= 11 is 2.73. The Hall–Kier alpha value is -1.21. The maximum atomic E-state index is 5.43. The molecule has 2 rings (SSSR count). The van der Waals surface area contributed by atoms with Gasteiger partial charge in [0.2, 0.25) is 5.13 Å². The molecule has 0 atom stereocenters. The monoisotopic (exact) mass is 211 g/mol. The van der Waals surface area contributed by atoms with Crippen LogP contribution in [0.2, 0.25) is 0 Å². The Morgan fingerprint density at radius 3 is 2.85 bits per heavy atom. The van der Waals surface area contributed by atoms with E-state index in [2.05, 4.69) is 20.2 Å². The molecule has 0 saturated heterocycles. The van der Waals surface area contributed by atoms with Crippen molar-refractivity contribution in [3.8, 4) is 0 Å². The first-order valence-corrected chi connectivity index (χ1v) is 5.01. The van der Waals surface area contributed by atoms with Gasteiger partial charge in [-0.05, 0) is 11.8 Å². The number of hydrogen-bond acceptors (Lipinski definition) is 7. The number of rotatable bonds is 2. The number of hydrogen-bond donors (Lipinski definition) is 1. The molecule has 0 aliphatic heterocycles. The molecule has 0 radical (unpaired) electrons. The van der Waals surface area contributed by atoms with Gasteiger partial charge in [0.15, 0.2) is 4.34 Å². The molecule has 0 bridgehead atoms. The Balaban J connectivity index is 2.15. The minimum atomic E-state index is 0.464. The van der Waals surface area contributed by atoms with E-state index in [1.807, 2.05) is 0 Å². The van der Waals surface area contributed by atoms with E-state index >= 15 is 0 Å². The molecular weight excluding hydrogens is 206 g/mol. The van der Waals surface area contributed by atoms with Crippen molar-refractivity contribution in [2.24, 2.45) is 0 Å². The highest BCUT2D eigenvalue weighted by Gasteiger charge is 2.03. The van der Waals surface area contributed by atoms with Crippen molar-refractivity contribution in [2.45, 2.75) is 9.37 Å². The van der Waals surface area contributed by atoms with Crippen molar-refractivity contribution in [1.29, 1.82) is 0 Å². The van der Waals surface area contributed by atoms with Crippen LogP contribution in [0.25, 0.3) is 0 Å². The molecule has 0 fully saturated rings. The molecule has 0 aliphatic carbocycles. The molecule has 13 heavy (non-hydrogen) atoms. The van der Waals surface area contributed by atoms with E-state index in [-0.39, 0.29) is 0 Å². The summed E-state index contributed by atoms with van der Waals surface area (Å²) in [6, 6.07) is 0. The summed E-state index contributed by atoms with van der Waals surface area (Å²) < 4.78 is 0.776. The van der Waals surface area contributed by atoms with E-state index in [1.165, 1.54) is 23.1 Å². The van der Waals surface area contributed by atoms with Gasteiger partial charge in [0.05, 0.1) is 6.20 Å². The quantitative estimate of drug-likeness (QED) is 0.800. The lowest BCUT2D eigenvalue weighted by Gasteiger charge is -1.91. The van der Waals surface area contributed by atoms with E-state index in [1.54, 1.807) is 18.6 Å². The molecular formula is C6H5N5S2. The summed E-state index contributed by atoms with van der Waals surface area (Å²) in [5.41, 5.74) is 5.43. The summed E-state index contributed by atoms with van der Waals surface area (Å²) in [5.74, 6) is 0. The van der Waals surface area contributed by atoms with Gasteiger partial charge in [-0.2, -0.15) is 0 Å². The minimum absolute atomic E-state index is 0.464. The summed E-state index contributed by atoms with van der Waals surface area (Å²) in [6.07, 6.45) is 4.92. The fourth-order valence-electron chi connectivity index (χ4n) is 0.689. The molecule has 0 saturated carbocycles. The van der Waals surface area contributed by atoms with Gasteiger partial charge in [0.25, 0.3) is 0 Å². The van der Waals surface area contributed by atoms with Crippen molar-refractivity contribution in [3.05, 3.63) is 18.6 Å². The zero-order valence-electron chi connectivity index (χ0n) is 6.41. The van der Waals surface area contributed by atoms with Crippen molar-refractivity contribution >= 4 is 28.2 Å². The average Bonchev–Trinajstić information content (AvgIpc) is 2.53. The smallest absolute Gasteiger partial charge is 0.203 e.